The highest BCUT2D eigenvalue weighted by molar-refractivity contribution is 6.31. The van der Waals surface area contributed by atoms with Crippen LogP contribution >= 0.6 is 11.6 Å². The third-order valence-corrected chi connectivity index (χ3v) is 5.25. The molecule has 1 aliphatic heterocycles. The molecule has 4 rings (SSSR count). The number of aromatic nitrogens is 1. The monoisotopic (exact) mass is 422 g/mol. The van der Waals surface area contributed by atoms with E-state index in [9.17, 15) is 9.59 Å². The first-order valence-electron chi connectivity index (χ1n) is 9.51. The number of rotatable bonds is 4. The van der Waals surface area contributed by atoms with Gasteiger partial charge in [0.05, 0.1) is 6.20 Å². The third-order valence-electron chi connectivity index (χ3n) is 5.02. The molecule has 0 bridgehead atoms. The van der Waals surface area contributed by atoms with Crippen LogP contribution in [-0.2, 0) is 16.0 Å². The maximum absolute atomic E-state index is 11.6. The molecule has 0 unspecified atom stereocenters. The zero-order valence-electron chi connectivity index (χ0n) is 16.0. The van der Waals surface area contributed by atoms with Gasteiger partial charge in [-0.3, -0.25) is 4.79 Å². The predicted molar refractivity (Wildman–Crippen MR) is 113 cm³/mol. The Balaban J connectivity index is 1.44. The summed E-state index contributed by atoms with van der Waals surface area (Å²) < 4.78 is 5.89. The van der Waals surface area contributed by atoms with Gasteiger partial charge in [0.15, 0.2) is 11.7 Å². The number of hydrogen-bond acceptors (Lipinski definition) is 4. The summed E-state index contributed by atoms with van der Waals surface area (Å²) in [6.07, 6.45) is 4.79. The highest BCUT2D eigenvalue weighted by atomic mass is 35.5. The first-order chi connectivity index (χ1) is 14.5. The smallest absolute Gasteiger partial charge is 0.394 e. The number of nitrogens with zero attached hydrogens (tertiary/aromatic N) is 2. The van der Waals surface area contributed by atoms with E-state index in [-0.39, 0.29) is 0 Å². The van der Waals surface area contributed by atoms with E-state index < -0.39 is 11.9 Å². The molecule has 1 aliphatic rings. The number of benzene rings is 2. The number of carbonyl (C=O) groups is 2. The van der Waals surface area contributed by atoms with Crippen molar-refractivity contribution in [2.75, 3.05) is 13.1 Å². The Morgan fingerprint density at radius 2 is 1.90 bits per heavy atom. The minimum absolute atomic E-state index is 0.303. The van der Waals surface area contributed by atoms with Crippen LogP contribution in [0.2, 0.25) is 5.02 Å². The minimum atomic E-state index is -1.42. The first kappa shape index (κ1) is 19.9. The van der Waals surface area contributed by atoms with Gasteiger partial charge in [-0.2, -0.15) is 0 Å². The summed E-state index contributed by atoms with van der Waals surface area (Å²) in [5.41, 5.74) is 4.09. The Kier molecular flexibility index (Phi) is 5.68. The second kappa shape index (κ2) is 8.55. The van der Waals surface area contributed by atoms with Crippen LogP contribution in [0.1, 0.15) is 23.4 Å². The third kappa shape index (κ3) is 4.44. The van der Waals surface area contributed by atoms with E-state index in [0.29, 0.717) is 42.6 Å². The van der Waals surface area contributed by atoms with Crippen LogP contribution in [-0.4, -0.2) is 40.0 Å². The van der Waals surface area contributed by atoms with Gasteiger partial charge >= 0.3 is 11.9 Å². The Morgan fingerprint density at radius 1 is 1.13 bits per heavy atom. The molecule has 0 aliphatic carbocycles. The van der Waals surface area contributed by atoms with E-state index >= 15 is 0 Å². The maximum atomic E-state index is 11.6. The molecule has 2 aromatic carbocycles. The highest BCUT2D eigenvalue weighted by Crippen LogP contribution is 2.27. The Labute approximate surface area is 178 Å². The molecule has 1 N–H and O–H groups in total. The summed E-state index contributed by atoms with van der Waals surface area (Å²) in [4.78, 5) is 28.1. The number of oxazole rings is 1. The number of aliphatic carboxylic acids is 1. The van der Waals surface area contributed by atoms with Gasteiger partial charge in [-0.1, -0.05) is 54.1 Å². The largest absolute Gasteiger partial charge is 0.474 e. The molecule has 3 aromatic rings. The van der Waals surface area contributed by atoms with Crippen molar-refractivity contribution in [1.29, 1.82) is 0 Å². The number of carboxylic acid groups (broad SMARTS) is 1. The standard InChI is InChI=1S/C23H19ClN2O4/c24-19-3-1-2-15(12-19)13-21-25-14-20(30-21)18-6-4-16(5-7-18)17-8-10-26(11-9-17)22(27)23(28)29/h1-8,12,14H,9-11,13H2,(H,28,29). The average Bonchev–Trinajstić information content (AvgIpc) is 3.22. The van der Waals surface area contributed by atoms with Crippen molar-refractivity contribution in [1.82, 2.24) is 9.88 Å². The topological polar surface area (TPSA) is 83.6 Å². The molecule has 1 amide bonds. The molecule has 0 atom stereocenters. The van der Waals surface area contributed by atoms with E-state index in [4.69, 9.17) is 21.1 Å². The summed E-state index contributed by atoms with van der Waals surface area (Å²) in [7, 11) is 0. The quantitative estimate of drug-likeness (QED) is 0.634. The second-order valence-electron chi connectivity index (χ2n) is 7.04. The van der Waals surface area contributed by atoms with E-state index in [1.807, 2.05) is 54.6 Å². The molecule has 30 heavy (non-hydrogen) atoms. The van der Waals surface area contributed by atoms with Crippen molar-refractivity contribution < 1.29 is 19.1 Å². The molecule has 1 aromatic heterocycles. The predicted octanol–water partition coefficient (Wildman–Crippen LogP) is 4.29. The highest BCUT2D eigenvalue weighted by Gasteiger charge is 2.23. The zero-order chi connectivity index (χ0) is 21.1. The summed E-state index contributed by atoms with van der Waals surface area (Å²) in [6.45, 7) is 0.699. The lowest BCUT2D eigenvalue weighted by atomic mass is 9.98. The van der Waals surface area contributed by atoms with Gasteiger partial charge in [0.1, 0.15) is 0 Å². The van der Waals surface area contributed by atoms with Crippen LogP contribution in [0.3, 0.4) is 0 Å². The molecule has 7 heteroatoms. The van der Waals surface area contributed by atoms with Crippen molar-refractivity contribution in [3.63, 3.8) is 0 Å². The van der Waals surface area contributed by atoms with Crippen molar-refractivity contribution in [2.45, 2.75) is 12.8 Å². The van der Waals surface area contributed by atoms with Gasteiger partial charge in [0.25, 0.3) is 0 Å². The molecule has 0 spiro atoms. The van der Waals surface area contributed by atoms with Crippen LogP contribution < -0.4 is 0 Å². The Hall–Kier alpha value is -3.38. The Bertz CT molecular complexity index is 1120. The fourth-order valence-corrected chi connectivity index (χ4v) is 3.66. The van der Waals surface area contributed by atoms with Crippen molar-refractivity contribution >= 4 is 29.1 Å². The summed E-state index contributed by atoms with van der Waals surface area (Å²) in [5.74, 6) is -0.971. The maximum Gasteiger partial charge on any atom is 0.394 e. The normalized spacial score (nSPS) is 13.8. The van der Waals surface area contributed by atoms with E-state index in [1.165, 1.54) is 4.90 Å². The van der Waals surface area contributed by atoms with Crippen LogP contribution in [0.4, 0.5) is 0 Å². The minimum Gasteiger partial charge on any atom is -0.474 e. The summed E-state index contributed by atoms with van der Waals surface area (Å²) in [6, 6.07) is 15.5. The SMILES string of the molecule is O=C(O)C(=O)N1CC=C(c2ccc(-c3cnc(Cc4cccc(Cl)c4)o3)cc2)CC1. The van der Waals surface area contributed by atoms with E-state index in [0.717, 1.165) is 22.3 Å². The lowest BCUT2D eigenvalue weighted by Crippen LogP contribution is -2.39. The van der Waals surface area contributed by atoms with Gasteiger partial charge < -0.3 is 14.4 Å². The summed E-state index contributed by atoms with van der Waals surface area (Å²) >= 11 is 6.03. The van der Waals surface area contributed by atoms with Gasteiger partial charge in [0, 0.05) is 30.1 Å². The lowest BCUT2D eigenvalue weighted by Gasteiger charge is -2.25. The molecule has 0 fully saturated rings. The molecule has 2 heterocycles. The van der Waals surface area contributed by atoms with Gasteiger partial charge in [0.2, 0.25) is 0 Å². The van der Waals surface area contributed by atoms with Crippen molar-refractivity contribution in [3.8, 4) is 11.3 Å². The first-order valence-corrected chi connectivity index (χ1v) is 9.88. The van der Waals surface area contributed by atoms with Crippen LogP contribution in [0.15, 0.2) is 65.2 Å². The van der Waals surface area contributed by atoms with Crippen molar-refractivity contribution in [3.05, 3.63) is 82.8 Å². The number of carbonyl (C=O) groups excluding carboxylic acids is 1. The van der Waals surface area contributed by atoms with Crippen LogP contribution in [0.25, 0.3) is 16.9 Å². The molecule has 0 saturated carbocycles. The fourth-order valence-electron chi connectivity index (χ4n) is 3.45. The number of hydrogen-bond donors (Lipinski definition) is 1. The molecular formula is C23H19ClN2O4. The van der Waals surface area contributed by atoms with Gasteiger partial charge in [-0.25, -0.2) is 9.78 Å². The van der Waals surface area contributed by atoms with Crippen molar-refractivity contribution in [2.24, 2.45) is 0 Å². The molecule has 6 nitrogen and oxygen atoms in total. The second-order valence-corrected chi connectivity index (χ2v) is 7.47. The summed E-state index contributed by atoms with van der Waals surface area (Å²) in [5, 5.41) is 9.50. The Morgan fingerprint density at radius 3 is 2.57 bits per heavy atom. The van der Waals surface area contributed by atoms with Crippen LogP contribution in [0, 0.1) is 0 Å². The lowest BCUT2D eigenvalue weighted by molar-refractivity contribution is -0.155. The number of carboxylic acids is 1. The van der Waals surface area contributed by atoms with Crippen LogP contribution in [0.5, 0.6) is 0 Å². The van der Waals surface area contributed by atoms with E-state index in [2.05, 4.69) is 4.98 Å². The molecule has 152 valence electrons. The fraction of sp³-hybridized carbons (Fsp3) is 0.174. The molecule has 0 radical (unpaired) electrons. The number of amides is 1. The molecule has 0 saturated heterocycles. The number of halogens is 1. The average molecular weight is 423 g/mol. The van der Waals surface area contributed by atoms with E-state index in [1.54, 1.807) is 6.20 Å². The zero-order valence-corrected chi connectivity index (χ0v) is 16.8. The van der Waals surface area contributed by atoms with Gasteiger partial charge in [-0.05, 0) is 35.3 Å². The van der Waals surface area contributed by atoms with Gasteiger partial charge in [-0.15, -0.1) is 0 Å². The molecular weight excluding hydrogens is 404 g/mol.